The van der Waals surface area contributed by atoms with Crippen LogP contribution in [0.5, 0.6) is 0 Å². The van der Waals surface area contributed by atoms with Gasteiger partial charge in [0.2, 0.25) is 0 Å². The normalized spacial score (nSPS) is 24.6. The summed E-state index contributed by atoms with van der Waals surface area (Å²) in [5, 5.41) is 9.70. The van der Waals surface area contributed by atoms with Gasteiger partial charge in [-0.15, -0.1) is 0 Å². The average Bonchev–Trinajstić information content (AvgIpc) is 2.44. The monoisotopic (exact) mass is 325 g/mol. The van der Waals surface area contributed by atoms with E-state index in [4.69, 9.17) is 0 Å². The molecule has 1 fully saturated rings. The van der Waals surface area contributed by atoms with Crippen LogP contribution in [-0.4, -0.2) is 36.2 Å². The van der Waals surface area contributed by atoms with Crippen molar-refractivity contribution in [2.75, 3.05) is 26.2 Å². The third kappa shape index (κ3) is 4.04. The summed E-state index contributed by atoms with van der Waals surface area (Å²) in [6.07, 6.45) is 3.67. The van der Waals surface area contributed by atoms with E-state index in [1.807, 2.05) is 0 Å². The van der Waals surface area contributed by atoms with Crippen molar-refractivity contribution >= 4 is 15.9 Å². The third-order valence-corrected chi connectivity index (χ3v) is 4.65. The largest absolute Gasteiger partial charge is 0.396 e. The van der Waals surface area contributed by atoms with Crippen LogP contribution in [0.1, 0.15) is 37.7 Å². The van der Waals surface area contributed by atoms with E-state index >= 15 is 0 Å². The zero-order chi connectivity index (χ0) is 13.7. The maximum atomic E-state index is 9.70. The Morgan fingerprint density at radius 3 is 2.95 bits per heavy atom. The van der Waals surface area contributed by atoms with Gasteiger partial charge in [-0.05, 0) is 49.5 Å². The number of aliphatic hydroxyl groups excluding tert-OH is 1. The molecule has 1 aliphatic heterocycles. The summed E-state index contributed by atoms with van der Waals surface area (Å²) < 4.78 is 1.13. The molecule has 3 heteroatoms. The highest BCUT2D eigenvalue weighted by Crippen LogP contribution is 2.33. The van der Waals surface area contributed by atoms with Crippen molar-refractivity contribution in [3.8, 4) is 0 Å². The van der Waals surface area contributed by atoms with Crippen molar-refractivity contribution in [3.05, 3.63) is 34.3 Å². The lowest BCUT2D eigenvalue weighted by Gasteiger charge is -2.38. The first kappa shape index (κ1) is 15.0. The molecule has 106 valence electrons. The Labute approximate surface area is 124 Å². The molecule has 1 aromatic rings. The number of unbranched alkanes of at least 4 members (excludes halogenated alkanes) is 1. The van der Waals surface area contributed by atoms with E-state index in [1.54, 1.807) is 0 Å². The van der Waals surface area contributed by atoms with Crippen LogP contribution >= 0.6 is 15.9 Å². The smallest absolute Gasteiger partial charge is 0.0477 e. The first-order chi connectivity index (χ1) is 9.24. The fourth-order valence-electron chi connectivity index (χ4n) is 3.05. The topological polar surface area (TPSA) is 23.5 Å². The molecule has 0 radical (unpaired) electrons. The molecule has 1 aromatic carbocycles. The first-order valence-corrected chi connectivity index (χ1v) is 8.12. The SMILES string of the molecule is CCCCN1CCC(c2cccc(Br)c2)C(CO)C1. The van der Waals surface area contributed by atoms with Crippen molar-refractivity contribution in [2.45, 2.75) is 32.1 Å². The second-order valence-corrected chi connectivity index (χ2v) is 6.46. The highest BCUT2D eigenvalue weighted by Gasteiger charge is 2.29. The lowest BCUT2D eigenvalue weighted by Crippen LogP contribution is -2.41. The minimum Gasteiger partial charge on any atom is -0.396 e. The number of nitrogens with zero attached hydrogens (tertiary/aromatic N) is 1. The Balaban J connectivity index is 2.03. The molecule has 0 spiro atoms. The van der Waals surface area contributed by atoms with Crippen LogP contribution < -0.4 is 0 Å². The van der Waals surface area contributed by atoms with Crippen LogP contribution in [-0.2, 0) is 0 Å². The number of benzene rings is 1. The van der Waals surface area contributed by atoms with Crippen molar-refractivity contribution in [1.29, 1.82) is 0 Å². The summed E-state index contributed by atoms with van der Waals surface area (Å²) >= 11 is 3.54. The lowest BCUT2D eigenvalue weighted by atomic mass is 9.81. The van der Waals surface area contributed by atoms with Gasteiger partial charge in [0.15, 0.2) is 0 Å². The number of likely N-dealkylation sites (tertiary alicyclic amines) is 1. The predicted octanol–water partition coefficient (Wildman–Crippen LogP) is 3.65. The van der Waals surface area contributed by atoms with Crippen molar-refractivity contribution in [1.82, 2.24) is 4.90 Å². The second kappa shape index (κ2) is 7.41. The number of hydrogen-bond donors (Lipinski definition) is 1. The predicted molar refractivity (Wildman–Crippen MR) is 83.4 cm³/mol. The number of piperidine rings is 1. The van der Waals surface area contributed by atoms with Crippen LogP contribution in [0.3, 0.4) is 0 Å². The Hall–Kier alpha value is -0.380. The summed E-state index contributed by atoms with van der Waals surface area (Å²) in [5.74, 6) is 0.875. The van der Waals surface area contributed by atoms with Gasteiger partial charge in [-0.3, -0.25) is 0 Å². The zero-order valence-corrected chi connectivity index (χ0v) is 13.3. The molecule has 2 unspecified atom stereocenters. The summed E-state index contributed by atoms with van der Waals surface area (Å²) in [6.45, 7) is 5.90. The lowest BCUT2D eigenvalue weighted by molar-refractivity contribution is 0.101. The van der Waals surface area contributed by atoms with Crippen LogP contribution in [0.4, 0.5) is 0 Å². The molecular weight excluding hydrogens is 302 g/mol. The van der Waals surface area contributed by atoms with Crippen molar-refractivity contribution in [3.63, 3.8) is 0 Å². The minimum absolute atomic E-state index is 0.291. The molecule has 0 amide bonds. The van der Waals surface area contributed by atoms with E-state index in [1.165, 1.54) is 24.9 Å². The molecule has 0 saturated carbocycles. The number of rotatable bonds is 5. The van der Waals surface area contributed by atoms with Crippen molar-refractivity contribution < 1.29 is 5.11 Å². The molecule has 0 bridgehead atoms. The number of hydrogen-bond acceptors (Lipinski definition) is 2. The van der Waals surface area contributed by atoms with Crippen LogP contribution in [0.2, 0.25) is 0 Å². The molecular formula is C16H24BrNO. The molecule has 1 heterocycles. The van der Waals surface area contributed by atoms with Crippen LogP contribution in [0.15, 0.2) is 28.7 Å². The molecule has 1 N–H and O–H groups in total. The maximum Gasteiger partial charge on any atom is 0.0477 e. The second-order valence-electron chi connectivity index (χ2n) is 5.55. The van der Waals surface area contributed by atoms with Gasteiger partial charge in [0.1, 0.15) is 0 Å². The van der Waals surface area contributed by atoms with E-state index in [-0.39, 0.29) is 0 Å². The zero-order valence-electron chi connectivity index (χ0n) is 11.7. The van der Waals surface area contributed by atoms with Crippen LogP contribution in [0, 0.1) is 5.92 Å². The summed E-state index contributed by atoms with van der Waals surface area (Å²) in [4.78, 5) is 2.51. The Morgan fingerprint density at radius 1 is 1.42 bits per heavy atom. The molecule has 1 aliphatic rings. The van der Waals surface area contributed by atoms with Gasteiger partial charge in [-0.1, -0.05) is 41.4 Å². The highest BCUT2D eigenvalue weighted by atomic mass is 79.9. The average molecular weight is 326 g/mol. The standard InChI is InChI=1S/C16H24BrNO/c1-2-3-8-18-9-7-16(14(11-18)12-19)13-5-4-6-15(17)10-13/h4-6,10,14,16,19H,2-3,7-9,11-12H2,1H3. The molecule has 2 rings (SSSR count). The van der Waals surface area contributed by atoms with E-state index in [2.05, 4.69) is 52.0 Å². The fourth-order valence-corrected chi connectivity index (χ4v) is 3.47. The van der Waals surface area contributed by atoms with Crippen LogP contribution in [0.25, 0.3) is 0 Å². The fraction of sp³-hybridized carbons (Fsp3) is 0.625. The molecule has 2 atom stereocenters. The number of aliphatic hydroxyl groups is 1. The molecule has 0 aliphatic carbocycles. The highest BCUT2D eigenvalue weighted by molar-refractivity contribution is 9.10. The van der Waals surface area contributed by atoms with Gasteiger partial charge in [-0.25, -0.2) is 0 Å². The van der Waals surface area contributed by atoms with Gasteiger partial charge in [0, 0.05) is 23.5 Å². The quantitative estimate of drug-likeness (QED) is 0.893. The molecule has 0 aromatic heterocycles. The third-order valence-electron chi connectivity index (χ3n) is 4.16. The Bertz CT molecular complexity index is 396. The minimum atomic E-state index is 0.291. The molecule has 2 nitrogen and oxygen atoms in total. The van der Waals surface area contributed by atoms with Gasteiger partial charge in [0.25, 0.3) is 0 Å². The van der Waals surface area contributed by atoms with E-state index in [0.717, 1.165) is 24.0 Å². The van der Waals surface area contributed by atoms with Crippen molar-refractivity contribution in [2.24, 2.45) is 5.92 Å². The van der Waals surface area contributed by atoms with E-state index < -0.39 is 0 Å². The summed E-state index contributed by atoms with van der Waals surface area (Å²) in [7, 11) is 0. The summed E-state index contributed by atoms with van der Waals surface area (Å²) in [6, 6.07) is 8.56. The first-order valence-electron chi connectivity index (χ1n) is 7.33. The van der Waals surface area contributed by atoms with E-state index in [9.17, 15) is 5.11 Å². The molecule has 1 saturated heterocycles. The van der Waals surface area contributed by atoms with E-state index in [0.29, 0.717) is 18.4 Å². The summed E-state index contributed by atoms with van der Waals surface area (Å²) in [5.41, 5.74) is 1.36. The van der Waals surface area contributed by atoms with Gasteiger partial charge < -0.3 is 10.0 Å². The van der Waals surface area contributed by atoms with Gasteiger partial charge in [-0.2, -0.15) is 0 Å². The number of halogens is 1. The van der Waals surface area contributed by atoms with Gasteiger partial charge >= 0.3 is 0 Å². The molecule has 19 heavy (non-hydrogen) atoms. The van der Waals surface area contributed by atoms with Gasteiger partial charge in [0.05, 0.1) is 0 Å². The Morgan fingerprint density at radius 2 is 2.26 bits per heavy atom. The maximum absolute atomic E-state index is 9.70. The Kier molecular flexibility index (Phi) is 5.86.